The fourth-order valence-corrected chi connectivity index (χ4v) is 2.44. The maximum Gasteiger partial charge on any atom is 0.239 e. The third-order valence-corrected chi connectivity index (χ3v) is 3.91. The van der Waals surface area contributed by atoms with Gasteiger partial charge in [0.1, 0.15) is 0 Å². The van der Waals surface area contributed by atoms with Crippen LogP contribution >= 0.6 is 0 Å². The van der Waals surface area contributed by atoms with E-state index >= 15 is 0 Å². The van der Waals surface area contributed by atoms with Crippen LogP contribution in [0.4, 0.5) is 5.69 Å². The fraction of sp³-hybridized carbons (Fsp3) is 0.562. The molecule has 116 valence electrons. The zero-order chi connectivity index (χ0) is 15.2. The lowest BCUT2D eigenvalue weighted by molar-refractivity contribution is -0.132. The summed E-state index contributed by atoms with van der Waals surface area (Å²) in [5.74, 6) is 0.106. The number of ether oxygens (including phenoxy) is 1. The van der Waals surface area contributed by atoms with E-state index in [4.69, 9.17) is 4.74 Å². The van der Waals surface area contributed by atoms with E-state index in [9.17, 15) is 4.79 Å². The number of hydrogen-bond acceptors (Lipinski definition) is 4. The topological polar surface area (TPSA) is 44.8 Å². The molecule has 1 aliphatic heterocycles. The number of carbonyl (C=O) groups is 1. The smallest absolute Gasteiger partial charge is 0.239 e. The molecule has 1 atom stereocenters. The Kier molecular flexibility index (Phi) is 5.59. The maximum atomic E-state index is 12.0. The van der Waals surface area contributed by atoms with E-state index in [1.807, 2.05) is 14.0 Å². The van der Waals surface area contributed by atoms with Crippen molar-refractivity contribution in [2.75, 3.05) is 45.3 Å². The van der Waals surface area contributed by atoms with E-state index in [-0.39, 0.29) is 11.9 Å². The third kappa shape index (κ3) is 4.19. The molecule has 1 N–H and O–H groups in total. The first kappa shape index (κ1) is 15.8. The average molecular weight is 291 g/mol. The summed E-state index contributed by atoms with van der Waals surface area (Å²) in [5, 5.41) is 2.97. The van der Waals surface area contributed by atoms with Crippen molar-refractivity contribution in [3.05, 3.63) is 29.8 Å². The lowest BCUT2D eigenvalue weighted by Crippen LogP contribution is -2.41. The number of amides is 1. The molecule has 2 rings (SSSR count). The van der Waals surface area contributed by atoms with Gasteiger partial charge in [0.15, 0.2) is 0 Å². The zero-order valence-electron chi connectivity index (χ0n) is 13.1. The Morgan fingerprint density at radius 3 is 2.52 bits per heavy atom. The Labute approximate surface area is 126 Å². The Morgan fingerprint density at radius 2 is 1.95 bits per heavy atom. The van der Waals surface area contributed by atoms with Gasteiger partial charge < -0.3 is 19.9 Å². The second-order valence-corrected chi connectivity index (χ2v) is 5.47. The van der Waals surface area contributed by atoms with Crippen molar-refractivity contribution in [2.45, 2.75) is 19.5 Å². The summed E-state index contributed by atoms with van der Waals surface area (Å²) < 4.78 is 5.37. The van der Waals surface area contributed by atoms with Crippen molar-refractivity contribution < 1.29 is 9.53 Å². The molecule has 1 fully saturated rings. The van der Waals surface area contributed by atoms with Crippen molar-refractivity contribution in [1.29, 1.82) is 0 Å². The number of anilines is 1. The van der Waals surface area contributed by atoms with Gasteiger partial charge in [-0.15, -0.1) is 0 Å². The minimum atomic E-state index is -0.150. The largest absolute Gasteiger partial charge is 0.378 e. The molecule has 0 bridgehead atoms. The molecule has 21 heavy (non-hydrogen) atoms. The van der Waals surface area contributed by atoms with E-state index in [0.29, 0.717) is 6.54 Å². The van der Waals surface area contributed by atoms with Crippen molar-refractivity contribution in [3.8, 4) is 0 Å². The van der Waals surface area contributed by atoms with E-state index in [0.717, 1.165) is 31.9 Å². The first-order chi connectivity index (χ1) is 10.1. The van der Waals surface area contributed by atoms with Gasteiger partial charge in [-0.3, -0.25) is 4.79 Å². The predicted octanol–water partition coefficient (Wildman–Crippen LogP) is 1.09. The van der Waals surface area contributed by atoms with E-state index in [2.05, 4.69) is 34.5 Å². The molecule has 5 heteroatoms. The molecule has 1 aromatic carbocycles. The first-order valence-electron chi connectivity index (χ1n) is 7.45. The highest BCUT2D eigenvalue weighted by Crippen LogP contribution is 2.17. The van der Waals surface area contributed by atoms with Crippen LogP contribution in [-0.2, 0) is 16.1 Å². The molecule has 0 aliphatic carbocycles. The summed E-state index contributed by atoms with van der Waals surface area (Å²) >= 11 is 0. The van der Waals surface area contributed by atoms with Crippen molar-refractivity contribution in [1.82, 2.24) is 10.2 Å². The quantitative estimate of drug-likeness (QED) is 0.882. The molecule has 1 amide bonds. The van der Waals surface area contributed by atoms with Crippen LogP contribution in [0.15, 0.2) is 24.3 Å². The van der Waals surface area contributed by atoms with Gasteiger partial charge in [0, 0.05) is 32.4 Å². The summed E-state index contributed by atoms with van der Waals surface area (Å²) in [6.45, 7) is 5.98. The standard InChI is InChI=1S/C16H25N3O2/c1-13(17-2)16(20)18(3)12-14-4-6-15(7-5-14)19-8-10-21-11-9-19/h4-7,13,17H,8-12H2,1-3H3. The molecular formula is C16H25N3O2. The Morgan fingerprint density at radius 1 is 1.33 bits per heavy atom. The van der Waals surface area contributed by atoms with Crippen LogP contribution in [0.5, 0.6) is 0 Å². The maximum absolute atomic E-state index is 12.0. The highest BCUT2D eigenvalue weighted by atomic mass is 16.5. The van der Waals surface area contributed by atoms with Crippen molar-refractivity contribution in [3.63, 3.8) is 0 Å². The summed E-state index contributed by atoms with van der Waals surface area (Å²) in [6, 6.07) is 8.29. The van der Waals surface area contributed by atoms with E-state index in [1.54, 1.807) is 11.9 Å². The van der Waals surface area contributed by atoms with Gasteiger partial charge in [-0.1, -0.05) is 12.1 Å². The van der Waals surface area contributed by atoms with Crippen LogP contribution in [0.3, 0.4) is 0 Å². The summed E-state index contributed by atoms with van der Waals surface area (Å²) in [4.78, 5) is 16.1. The van der Waals surface area contributed by atoms with Crippen LogP contribution < -0.4 is 10.2 Å². The number of benzene rings is 1. The zero-order valence-corrected chi connectivity index (χ0v) is 13.1. The third-order valence-electron chi connectivity index (χ3n) is 3.91. The van der Waals surface area contributed by atoms with Crippen LogP contribution in [-0.4, -0.2) is 57.2 Å². The van der Waals surface area contributed by atoms with Gasteiger partial charge in [-0.05, 0) is 31.7 Å². The Hall–Kier alpha value is -1.59. The number of nitrogens with zero attached hydrogens (tertiary/aromatic N) is 2. The van der Waals surface area contributed by atoms with Crippen molar-refractivity contribution >= 4 is 11.6 Å². The highest BCUT2D eigenvalue weighted by molar-refractivity contribution is 5.81. The predicted molar refractivity (Wildman–Crippen MR) is 84.5 cm³/mol. The van der Waals surface area contributed by atoms with Gasteiger partial charge in [0.05, 0.1) is 19.3 Å². The lowest BCUT2D eigenvalue weighted by Gasteiger charge is -2.29. The number of rotatable bonds is 5. The SMILES string of the molecule is CNC(C)C(=O)N(C)Cc1ccc(N2CCOCC2)cc1. The molecule has 1 aliphatic rings. The normalized spacial score (nSPS) is 16.6. The van der Waals surface area contributed by atoms with Crippen LogP contribution in [0.25, 0.3) is 0 Å². The van der Waals surface area contributed by atoms with E-state index < -0.39 is 0 Å². The molecule has 1 aromatic rings. The molecule has 5 nitrogen and oxygen atoms in total. The van der Waals surface area contributed by atoms with Crippen LogP contribution in [0.2, 0.25) is 0 Å². The molecule has 0 saturated carbocycles. The number of nitrogens with one attached hydrogen (secondary N) is 1. The molecule has 1 heterocycles. The second-order valence-electron chi connectivity index (χ2n) is 5.47. The second kappa shape index (κ2) is 7.43. The fourth-order valence-electron chi connectivity index (χ4n) is 2.44. The Bertz CT molecular complexity index is 455. The summed E-state index contributed by atoms with van der Waals surface area (Å²) in [5.41, 5.74) is 2.37. The average Bonchev–Trinajstić information content (AvgIpc) is 2.54. The monoisotopic (exact) mass is 291 g/mol. The van der Waals surface area contributed by atoms with Crippen molar-refractivity contribution in [2.24, 2.45) is 0 Å². The molecule has 0 radical (unpaired) electrons. The minimum absolute atomic E-state index is 0.106. The molecule has 1 saturated heterocycles. The molecule has 0 aromatic heterocycles. The number of hydrogen-bond donors (Lipinski definition) is 1. The summed E-state index contributed by atoms with van der Waals surface area (Å²) in [7, 11) is 3.64. The van der Waals surface area contributed by atoms with Crippen LogP contribution in [0.1, 0.15) is 12.5 Å². The highest BCUT2D eigenvalue weighted by Gasteiger charge is 2.16. The minimum Gasteiger partial charge on any atom is -0.378 e. The first-order valence-corrected chi connectivity index (χ1v) is 7.45. The van der Waals surface area contributed by atoms with Gasteiger partial charge in [0.2, 0.25) is 5.91 Å². The van der Waals surface area contributed by atoms with Gasteiger partial charge in [-0.2, -0.15) is 0 Å². The number of likely N-dealkylation sites (N-methyl/N-ethyl adjacent to an activating group) is 2. The summed E-state index contributed by atoms with van der Waals surface area (Å²) in [6.07, 6.45) is 0. The van der Waals surface area contributed by atoms with Gasteiger partial charge in [-0.25, -0.2) is 0 Å². The van der Waals surface area contributed by atoms with Gasteiger partial charge >= 0.3 is 0 Å². The molecular weight excluding hydrogens is 266 g/mol. The lowest BCUT2D eigenvalue weighted by atomic mass is 10.1. The van der Waals surface area contributed by atoms with Crippen LogP contribution in [0, 0.1) is 0 Å². The van der Waals surface area contributed by atoms with Gasteiger partial charge in [0.25, 0.3) is 0 Å². The van der Waals surface area contributed by atoms with E-state index in [1.165, 1.54) is 5.69 Å². The number of carbonyl (C=O) groups excluding carboxylic acids is 1. The molecule has 1 unspecified atom stereocenters. The number of morpholine rings is 1. The molecule has 0 spiro atoms. The Balaban J connectivity index is 1.94.